The standard InChI is InChI=1S/C14H18F2N2O2/c1-9(10-3-4-11(15)12(16)7-10)18-13(19)17-8-14(20)5-2-6-14/h3-4,7,9,20H,2,5-6,8H2,1H3,(H2,17,18,19). The van der Waals surface area contributed by atoms with Crippen molar-refractivity contribution < 1.29 is 18.7 Å². The van der Waals surface area contributed by atoms with Gasteiger partial charge < -0.3 is 15.7 Å². The lowest BCUT2D eigenvalue weighted by Crippen LogP contribution is -2.50. The number of benzene rings is 1. The first-order chi connectivity index (χ1) is 9.39. The fourth-order valence-corrected chi connectivity index (χ4v) is 2.12. The Morgan fingerprint density at radius 3 is 2.65 bits per heavy atom. The van der Waals surface area contributed by atoms with Crippen LogP contribution in [0.5, 0.6) is 0 Å². The largest absolute Gasteiger partial charge is 0.388 e. The summed E-state index contributed by atoms with van der Waals surface area (Å²) < 4.78 is 25.9. The van der Waals surface area contributed by atoms with E-state index in [4.69, 9.17) is 0 Å². The Balaban J connectivity index is 1.85. The van der Waals surface area contributed by atoms with Crippen LogP contribution in [0.15, 0.2) is 18.2 Å². The van der Waals surface area contributed by atoms with Crippen LogP contribution in [0.1, 0.15) is 37.8 Å². The Morgan fingerprint density at radius 2 is 2.10 bits per heavy atom. The second-order valence-corrected chi connectivity index (χ2v) is 5.30. The van der Waals surface area contributed by atoms with Crippen molar-refractivity contribution in [1.29, 1.82) is 0 Å². The molecule has 1 aliphatic carbocycles. The maximum Gasteiger partial charge on any atom is 0.315 e. The highest BCUT2D eigenvalue weighted by Gasteiger charge is 2.34. The van der Waals surface area contributed by atoms with E-state index in [0.29, 0.717) is 18.4 Å². The minimum Gasteiger partial charge on any atom is -0.388 e. The first-order valence-corrected chi connectivity index (χ1v) is 6.61. The summed E-state index contributed by atoms with van der Waals surface area (Å²) in [6, 6.07) is 2.60. The van der Waals surface area contributed by atoms with Crippen LogP contribution in [0.2, 0.25) is 0 Å². The van der Waals surface area contributed by atoms with Gasteiger partial charge in [-0.15, -0.1) is 0 Å². The molecule has 1 fully saturated rings. The summed E-state index contributed by atoms with van der Waals surface area (Å²) in [4.78, 5) is 11.7. The lowest BCUT2D eigenvalue weighted by atomic mass is 9.80. The molecule has 0 aromatic heterocycles. The van der Waals surface area contributed by atoms with Crippen molar-refractivity contribution in [3.05, 3.63) is 35.4 Å². The third-order valence-electron chi connectivity index (χ3n) is 3.65. The van der Waals surface area contributed by atoms with Crippen molar-refractivity contribution in [3.8, 4) is 0 Å². The van der Waals surface area contributed by atoms with Crippen molar-refractivity contribution >= 4 is 6.03 Å². The van der Waals surface area contributed by atoms with Crippen molar-refractivity contribution in [3.63, 3.8) is 0 Å². The van der Waals surface area contributed by atoms with E-state index in [1.165, 1.54) is 6.07 Å². The van der Waals surface area contributed by atoms with Crippen LogP contribution < -0.4 is 10.6 Å². The second kappa shape index (κ2) is 5.75. The number of hydrogen-bond acceptors (Lipinski definition) is 2. The van der Waals surface area contributed by atoms with Gasteiger partial charge in [0.2, 0.25) is 0 Å². The Morgan fingerprint density at radius 1 is 1.40 bits per heavy atom. The molecule has 1 aromatic rings. The van der Waals surface area contributed by atoms with E-state index in [1.807, 2.05) is 0 Å². The molecule has 1 unspecified atom stereocenters. The van der Waals surface area contributed by atoms with Gasteiger partial charge in [-0.05, 0) is 43.9 Å². The molecular formula is C14H18F2N2O2. The molecule has 4 nitrogen and oxygen atoms in total. The third-order valence-corrected chi connectivity index (χ3v) is 3.65. The van der Waals surface area contributed by atoms with Crippen LogP contribution in [0.4, 0.5) is 13.6 Å². The van der Waals surface area contributed by atoms with E-state index in [1.54, 1.807) is 6.92 Å². The summed E-state index contributed by atoms with van der Waals surface area (Å²) in [7, 11) is 0. The summed E-state index contributed by atoms with van der Waals surface area (Å²) in [6.07, 6.45) is 2.34. The Bertz CT molecular complexity index is 504. The molecule has 1 aliphatic rings. The van der Waals surface area contributed by atoms with E-state index >= 15 is 0 Å². The average molecular weight is 284 g/mol. The Labute approximate surface area is 116 Å². The zero-order chi connectivity index (χ0) is 14.8. The quantitative estimate of drug-likeness (QED) is 0.794. The lowest BCUT2D eigenvalue weighted by Gasteiger charge is -2.36. The molecule has 0 bridgehead atoms. The van der Waals surface area contributed by atoms with Crippen LogP contribution >= 0.6 is 0 Å². The smallest absolute Gasteiger partial charge is 0.315 e. The van der Waals surface area contributed by atoms with Crippen LogP contribution in [0.25, 0.3) is 0 Å². The molecule has 0 saturated heterocycles. The van der Waals surface area contributed by atoms with Gasteiger partial charge in [0.15, 0.2) is 11.6 Å². The predicted octanol–water partition coefficient (Wildman–Crippen LogP) is 2.24. The third kappa shape index (κ3) is 3.45. The van der Waals surface area contributed by atoms with Crippen molar-refractivity contribution in [2.24, 2.45) is 0 Å². The van der Waals surface area contributed by atoms with Crippen molar-refractivity contribution in [1.82, 2.24) is 10.6 Å². The number of hydrogen-bond donors (Lipinski definition) is 3. The minimum atomic E-state index is -0.944. The molecule has 1 aromatic carbocycles. The topological polar surface area (TPSA) is 61.4 Å². The predicted molar refractivity (Wildman–Crippen MR) is 70.1 cm³/mol. The molecule has 2 rings (SSSR count). The summed E-state index contributed by atoms with van der Waals surface area (Å²) in [5.74, 6) is -1.86. The number of urea groups is 1. The minimum absolute atomic E-state index is 0.198. The van der Waals surface area contributed by atoms with E-state index < -0.39 is 29.3 Å². The Kier molecular flexibility index (Phi) is 4.23. The van der Waals surface area contributed by atoms with Gasteiger partial charge in [0, 0.05) is 6.54 Å². The van der Waals surface area contributed by atoms with Crippen LogP contribution in [-0.2, 0) is 0 Å². The molecule has 6 heteroatoms. The van der Waals surface area contributed by atoms with Gasteiger partial charge in [0.05, 0.1) is 11.6 Å². The first kappa shape index (κ1) is 14.7. The van der Waals surface area contributed by atoms with Gasteiger partial charge in [0.1, 0.15) is 0 Å². The molecule has 20 heavy (non-hydrogen) atoms. The lowest BCUT2D eigenvalue weighted by molar-refractivity contribution is -0.0290. The SMILES string of the molecule is CC(NC(=O)NCC1(O)CCC1)c1ccc(F)c(F)c1. The van der Waals surface area contributed by atoms with Gasteiger partial charge in [-0.2, -0.15) is 0 Å². The van der Waals surface area contributed by atoms with Gasteiger partial charge >= 0.3 is 6.03 Å². The zero-order valence-corrected chi connectivity index (χ0v) is 11.2. The average Bonchev–Trinajstić information content (AvgIpc) is 2.37. The summed E-state index contributed by atoms with van der Waals surface area (Å²) in [6.45, 7) is 1.87. The van der Waals surface area contributed by atoms with Crippen LogP contribution in [0, 0.1) is 11.6 Å². The first-order valence-electron chi connectivity index (χ1n) is 6.61. The van der Waals surface area contributed by atoms with E-state index in [0.717, 1.165) is 18.6 Å². The van der Waals surface area contributed by atoms with Gasteiger partial charge in [0.25, 0.3) is 0 Å². The number of nitrogens with one attached hydrogen (secondary N) is 2. The number of carbonyl (C=O) groups excluding carboxylic acids is 1. The maximum absolute atomic E-state index is 13.1. The molecule has 0 spiro atoms. The molecule has 3 N–H and O–H groups in total. The maximum atomic E-state index is 13.1. The molecule has 0 heterocycles. The van der Waals surface area contributed by atoms with E-state index in [2.05, 4.69) is 10.6 Å². The molecule has 2 amide bonds. The van der Waals surface area contributed by atoms with Gasteiger partial charge in [-0.1, -0.05) is 6.07 Å². The normalized spacial score (nSPS) is 18.0. The van der Waals surface area contributed by atoms with Gasteiger partial charge in [-0.3, -0.25) is 0 Å². The molecule has 1 atom stereocenters. The molecule has 1 saturated carbocycles. The number of halogens is 2. The number of carbonyl (C=O) groups is 1. The van der Waals surface area contributed by atoms with Crippen LogP contribution in [0.3, 0.4) is 0 Å². The summed E-state index contributed by atoms with van der Waals surface area (Å²) in [5.41, 5.74) is -0.316. The number of rotatable bonds is 4. The molecular weight excluding hydrogens is 266 g/mol. The molecule has 0 radical (unpaired) electrons. The van der Waals surface area contributed by atoms with Crippen LogP contribution in [-0.4, -0.2) is 23.3 Å². The number of amides is 2. The highest BCUT2D eigenvalue weighted by molar-refractivity contribution is 5.74. The zero-order valence-electron chi connectivity index (χ0n) is 11.2. The summed E-state index contributed by atoms with van der Waals surface area (Å²) >= 11 is 0. The molecule has 0 aliphatic heterocycles. The highest BCUT2D eigenvalue weighted by Crippen LogP contribution is 2.30. The second-order valence-electron chi connectivity index (χ2n) is 5.30. The van der Waals surface area contributed by atoms with Crippen molar-refractivity contribution in [2.75, 3.05) is 6.54 Å². The highest BCUT2D eigenvalue weighted by atomic mass is 19.2. The Hall–Kier alpha value is -1.69. The van der Waals surface area contributed by atoms with E-state index in [9.17, 15) is 18.7 Å². The number of aliphatic hydroxyl groups is 1. The fourth-order valence-electron chi connectivity index (χ4n) is 2.12. The summed E-state index contributed by atoms with van der Waals surface area (Å²) in [5, 5.41) is 15.0. The van der Waals surface area contributed by atoms with Crippen molar-refractivity contribution in [2.45, 2.75) is 37.8 Å². The fraction of sp³-hybridized carbons (Fsp3) is 0.500. The van der Waals surface area contributed by atoms with E-state index in [-0.39, 0.29) is 6.54 Å². The van der Waals surface area contributed by atoms with Gasteiger partial charge in [-0.25, -0.2) is 13.6 Å². The monoisotopic (exact) mass is 284 g/mol. The molecule has 110 valence electrons.